The molecule has 0 radical (unpaired) electrons. The summed E-state index contributed by atoms with van der Waals surface area (Å²) in [5, 5.41) is 0. The monoisotopic (exact) mass is 292 g/mol. The number of hydrogen-bond donors (Lipinski definition) is 0. The third-order valence-electron chi connectivity index (χ3n) is 2.48. The van der Waals surface area contributed by atoms with E-state index in [1.54, 1.807) is 12.6 Å². The topological polar surface area (TPSA) is 59.5 Å². The second-order valence-corrected chi connectivity index (χ2v) is 7.49. The molecule has 0 saturated carbocycles. The van der Waals surface area contributed by atoms with E-state index in [1.165, 1.54) is 15.6 Å². The summed E-state index contributed by atoms with van der Waals surface area (Å²) < 4.78 is 30.6. The molecular weight excluding hydrogens is 272 g/mol. The Morgan fingerprint density at radius 3 is 2.67 bits per heavy atom. The Hall–Kier alpha value is -0.500. The van der Waals surface area contributed by atoms with Crippen LogP contribution in [0.15, 0.2) is 5.51 Å². The summed E-state index contributed by atoms with van der Waals surface area (Å²) in [4.78, 5) is 5.09. The molecule has 0 aromatic carbocycles. The average molecular weight is 292 g/mol. The van der Waals surface area contributed by atoms with Gasteiger partial charge in [-0.3, -0.25) is 0 Å². The number of rotatable bonds is 7. The highest BCUT2D eigenvalue weighted by Gasteiger charge is 2.19. The SMILES string of the molecule is Cc1ncsc1CN(C)S(=O)(=O)CCOC(C)C. The molecule has 0 amide bonds. The highest BCUT2D eigenvalue weighted by Crippen LogP contribution is 2.16. The molecule has 1 aromatic rings. The van der Waals surface area contributed by atoms with Crippen LogP contribution in [0.4, 0.5) is 0 Å². The first-order chi connectivity index (χ1) is 8.33. The summed E-state index contributed by atoms with van der Waals surface area (Å²) in [6, 6.07) is 0. The van der Waals surface area contributed by atoms with Crippen molar-refractivity contribution in [3.05, 3.63) is 16.1 Å². The molecule has 0 unspecified atom stereocenters. The van der Waals surface area contributed by atoms with E-state index in [9.17, 15) is 8.42 Å². The van der Waals surface area contributed by atoms with Gasteiger partial charge in [-0.15, -0.1) is 11.3 Å². The smallest absolute Gasteiger partial charge is 0.216 e. The summed E-state index contributed by atoms with van der Waals surface area (Å²) in [5.41, 5.74) is 2.62. The van der Waals surface area contributed by atoms with Crippen LogP contribution in [0.5, 0.6) is 0 Å². The molecule has 0 aliphatic rings. The number of ether oxygens (including phenoxy) is 1. The summed E-state index contributed by atoms with van der Waals surface area (Å²) in [5.74, 6) is 0.0134. The zero-order valence-electron chi connectivity index (χ0n) is 11.2. The van der Waals surface area contributed by atoms with E-state index in [4.69, 9.17) is 4.74 Å². The van der Waals surface area contributed by atoms with Crippen LogP contribution < -0.4 is 0 Å². The van der Waals surface area contributed by atoms with E-state index < -0.39 is 10.0 Å². The number of aromatic nitrogens is 1. The van der Waals surface area contributed by atoms with Crippen LogP contribution >= 0.6 is 11.3 Å². The Morgan fingerprint density at radius 1 is 1.50 bits per heavy atom. The maximum absolute atomic E-state index is 12.0. The fraction of sp³-hybridized carbons (Fsp3) is 0.727. The van der Waals surface area contributed by atoms with Gasteiger partial charge in [0.1, 0.15) is 0 Å². The Morgan fingerprint density at radius 2 is 2.17 bits per heavy atom. The van der Waals surface area contributed by atoms with Gasteiger partial charge in [0.2, 0.25) is 10.0 Å². The Bertz CT molecular complexity index is 468. The minimum Gasteiger partial charge on any atom is -0.378 e. The summed E-state index contributed by atoms with van der Waals surface area (Å²) in [6.07, 6.45) is 0.0502. The number of sulfonamides is 1. The van der Waals surface area contributed by atoms with Crippen LogP contribution in [0, 0.1) is 6.92 Å². The van der Waals surface area contributed by atoms with Gasteiger partial charge in [0.25, 0.3) is 0 Å². The van der Waals surface area contributed by atoms with Gasteiger partial charge in [-0.1, -0.05) is 0 Å². The molecule has 0 saturated heterocycles. The first-order valence-corrected chi connectivity index (χ1v) is 8.26. The molecular formula is C11H20N2O3S2. The van der Waals surface area contributed by atoms with Crippen molar-refractivity contribution in [1.29, 1.82) is 0 Å². The molecule has 0 aliphatic carbocycles. The van der Waals surface area contributed by atoms with Crippen molar-refractivity contribution in [2.45, 2.75) is 33.4 Å². The van der Waals surface area contributed by atoms with Crippen LogP contribution in [-0.2, 0) is 21.3 Å². The van der Waals surface area contributed by atoms with Crippen molar-refractivity contribution in [2.75, 3.05) is 19.4 Å². The lowest BCUT2D eigenvalue weighted by molar-refractivity contribution is 0.0907. The minimum atomic E-state index is -3.26. The normalized spacial score (nSPS) is 12.6. The van der Waals surface area contributed by atoms with E-state index in [0.29, 0.717) is 6.54 Å². The zero-order chi connectivity index (χ0) is 13.8. The highest BCUT2D eigenvalue weighted by molar-refractivity contribution is 7.89. The first kappa shape index (κ1) is 15.6. The van der Waals surface area contributed by atoms with Gasteiger partial charge in [0.05, 0.1) is 29.7 Å². The number of hydrogen-bond acceptors (Lipinski definition) is 5. The van der Waals surface area contributed by atoms with E-state index in [2.05, 4.69) is 4.98 Å². The maximum atomic E-state index is 12.0. The van der Waals surface area contributed by atoms with Crippen LogP contribution in [0.2, 0.25) is 0 Å². The molecule has 18 heavy (non-hydrogen) atoms. The minimum absolute atomic E-state index is 0.0134. The lowest BCUT2D eigenvalue weighted by atomic mass is 10.4. The lowest BCUT2D eigenvalue weighted by Gasteiger charge is -2.17. The van der Waals surface area contributed by atoms with E-state index >= 15 is 0 Å². The quantitative estimate of drug-likeness (QED) is 0.766. The zero-order valence-corrected chi connectivity index (χ0v) is 12.8. The molecule has 104 valence electrons. The van der Waals surface area contributed by atoms with Crippen molar-refractivity contribution < 1.29 is 13.2 Å². The highest BCUT2D eigenvalue weighted by atomic mass is 32.2. The molecule has 0 spiro atoms. The standard InChI is InChI=1S/C11H20N2O3S2/c1-9(2)16-5-6-18(14,15)13(4)7-11-10(3)12-8-17-11/h8-9H,5-7H2,1-4H3. The molecule has 0 atom stereocenters. The Balaban J connectivity index is 2.54. The number of aryl methyl sites for hydroxylation is 1. The number of thiazole rings is 1. The maximum Gasteiger partial charge on any atom is 0.216 e. The number of nitrogens with zero attached hydrogens (tertiary/aromatic N) is 2. The molecule has 0 bridgehead atoms. The molecule has 1 rings (SSSR count). The van der Waals surface area contributed by atoms with Crippen molar-refractivity contribution in [1.82, 2.24) is 9.29 Å². The molecule has 5 nitrogen and oxygen atoms in total. The lowest BCUT2D eigenvalue weighted by Crippen LogP contribution is -2.30. The van der Waals surface area contributed by atoms with Gasteiger partial charge < -0.3 is 4.74 Å². The summed E-state index contributed by atoms with van der Waals surface area (Å²) in [7, 11) is -1.67. The van der Waals surface area contributed by atoms with Crippen LogP contribution in [0.3, 0.4) is 0 Å². The molecule has 0 N–H and O–H groups in total. The van der Waals surface area contributed by atoms with E-state index in [0.717, 1.165) is 10.6 Å². The van der Waals surface area contributed by atoms with Crippen molar-refractivity contribution >= 4 is 21.4 Å². The van der Waals surface area contributed by atoms with Gasteiger partial charge in [0.15, 0.2) is 0 Å². The van der Waals surface area contributed by atoms with Gasteiger partial charge in [-0.25, -0.2) is 13.4 Å². The van der Waals surface area contributed by atoms with Crippen LogP contribution in [0.1, 0.15) is 24.4 Å². The Labute approximate surface area is 113 Å². The predicted octanol–water partition coefficient (Wildman–Crippen LogP) is 1.64. The third-order valence-corrected chi connectivity index (χ3v) is 5.16. The second kappa shape index (κ2) is 6.60. The first-order valence-electron chi connectivity index (χ1n) is 5.77. The van der Waals surface area contributed by atoms with Gasteiger partial charge in [-0.2, -0.15) is 4.31 Å². The molecule has 7 heteroatoms. The average Bonchev–Trinajstić information content (AvgIpc) is 2.63. The van der Waals surface area contributed by atoms with Gasteiger partial charge in [0, 0.05) is 18.5 Å². The van der Waals surface area contributed by atoms with Gasteiger partial charge >= 0.3 is 0 Å². The fourth-order valence-corrected chi connectivity index (χ4v) is 3.18. The summed E-state index contributed by atoms with van der Waals surface area (Å²) in [6.45, 7) is 6.26. The molecule has 1 heterocycles. The fourth-order valence-electron chi connectivity index (χ4n) is 1.32. The van der Waals surface area contributed by atoms with Crippen molar-refractivity contribution in [3.8, 4) is 0 Å². The molecule has 0 fully saturated rings. The van der Waals surface area contributed by atoms with Crippen molar-refractivity contribution in [3.63, 3.8) is 0 Å². The third kappa shape index (κ3) is 4.64. The van der Waals surface area contributed by atoms with Crippen molar-refractivity contribution in [2.24, 2.45) is 0 Å². The predicted molar refractivity (Wildman–Crippen MR) is 73.2 cm³/mol. The van der Waals surface area contributed by atoms with Crippen LogP contribution in [0.25, 0.3) is 0 Å². The van der Waals surface area contributed by atoms with Gasteiger partial charge in [-0.05, 0) is 20.8 Å². The second-order valence-electron chi connectivity index (χ2n) is 4.35. The van der Waals surface area contributed by atoms with E-state index in [-0.39, 0.29) is 18.5 Å². The van der Waals surface area contributed by atoms with E-state index in [1.807, 2.05) is 20.8 Å². The van der Waals surface area contributed by atoms with Crippen LogP contribution in [-0.4, -0.2) is 43.2 Å². The summed E-state index contributed by atoms with van der Waals surface area (Å²) >= 11 is 1.47. The molecule has 0 aliphatic heterocycles. The largest absolute Gasteiger partial charge is 0.378 e. The molecule has 1 aromatic heterocycles. The Kier molecular flexibility index (Phi) is 5.71.